The number of fused-ring (bicyclic) bond motifs is 3. The van der Waals surface area contributed by atoms with Crippen molar-refractivity contribution in [2.75, 3.05) is 4.90 Å². The number of Topliss-reactive ketones (excluding diaryl/α,β-unsaturated/α-hetero) is 1. The van der Waals surface area contributed by atoms with Crippen LogP contribution in [0, 0.1) is 17.8 Å². The topological polar surface area (TPSA) is 29.5 Å². The monoisotopic (exact) mass is 391 g/mol. The number of benzene rings is 1. The highest BCUT2D eigenvalue weighted by Crippen LogP contribution is 2.61. The summed E-state index contributed by atoms with van der Waals surface area (Å²) in [5.74, 6) is 2.86. The van der Waals surface area contributed by atoms with E-state index in [0.717, 1.165) is 31.4 Å². The number of nitrogens with zero attached hydrogens (tertiary/aromatic N) is 1. The third-order valence-electron chi connectivity index (χ3n) is 8.57. The summed E-state index contributed by atoms with van der Waals surface area (Å²) in [7, 11) is 0. The summed E-state index contributed by atoms with van der Waals surface area (Å²) < 4.78 is 7.02. The van der Waals surface area contributed by atoms with E-state index in [1.54, 1.807) is 11.3 Å². The normalized spacial score (nSPS) is 36.1. The maximum atomic E-state index is 12.7. The second kappa shape index (κ2) is 6.89. The first-order valence-electron chi connectivity index (χ1n) is 12.1. The number of ketones is 1. The van der Waals surface area contributed by atoms with Crippen molar-refractivity contribution in [2.45, 2.75) is 89.2 Å². The fraction of sp³-hybridized carbons (Fsp3) is 0.654. The molecule has 2 saturated carbocycles. The molecule has 29 heavy (non-hydrogen) atoms. The highest BCUT2D eigenvalue weighted by molar-refractivity contribution is 5.81. The number of carbonyl (C=O) groups is 1. The van der Waals surface area contributed by atoms with E-state index in [-0.39, 0.29) is 11.6 Å². The molecule has 6 rings (SSSR count). The van der Waals surface area contributed by atoms with Crippen LogP contribution in [0.2, 0.25) is 0 Å². The summed E-state index contributed by atoms with van der Waals surface area (Å²) in [4.78, 5) is 15.4. The zero-order valence-corrected chi connectivity index (χ0v) is 17.5. The molecule has 2 unspecified atom stereocenters. The van der Waals surface area contributed by atoms with E-state index in [0.29, 0.717) is 17.6 Å². The lowest BCUT2D eigenvalue weighted by atomic mass is 9.64. The standard InChI is InChI=1S/C26H33NO2/c28-24-14-5-2-9-19(24)17-21-11-7-10-20-16-18-8-1-3-12-22(18)27-23-13-4-6-15-25(23)29-26(20,21)27/h4,6,13,15,19-21H,1-3,5,7-12,14,16-17H2/t19?,20-,21?,26-/m0/s1. The molecule has 3 aliphatic carbocycles. The quantitative estimate of drug-likeness (QED) is 0.586. The van der Waals surface area contributed by atoms with Gasteiger partial charge in [0.25, 0.3) is 0 Å². The molecular weight excluding hydrogens is 358 g/mol. The number of allylic oxidation sites excluding steroid dienone is 2. The average molecular weight is 392 g/mol. The fourth-order valence-corrected chi connectivity index (χ4v) is 7.31. The smallest absolute Gasteiger partial charge is 0.193 e. The minimum Gasteiger partial charge on any atom is -0.465 e. The lowest BCUT2D eigenvalue weighted by molar-refractivity contribution is -0.127. The second-order valence-electron chi connectivity index (χ2n) is 10.1. The third-order valence-corrected chi connectivity index (χ3v) is 8.57. The zero-order chi connectivity index (χ0) is 19.4. The van der Waals surface area contributed by atoms with Gasteiger partial charge in [0.2, 0.25) is 0 Å². The van der Waals surface area contributed by atoms with Crippen LogP contribution in [0.25, 0.3) is 0 Å². The van der Waals surface area contributed by atoms with Crippen LogP contribution in [0.15, 0.2) is 35.5 Å². The summed E-state index contributed by atoms with van der Waals surface area (Å²) in [5.41, 5.74) is 4.31. The highest BCUT2D eigenvalue weighted by Gasteiger charge is 2.61. The van der Waals surface area contributed by atoms with Crippen LogP contribution >= 0.6 is 0 Å². The summed E-state index contributed by atoms with van der Waals surface area (Å²) in [6, 6.07) is 8.71. The molecule has 2 fully saturated rings. The number of ether oxygens (including phenoxy) is 1. The van der Waals surface area contributed by atoms with E-state index in [4.69, 9.17) is 4.74 Å². The number of hydrogen-bond donors (Lipinski definition) is 0. The van der Waals surface area contributed by atoms with Gasteiger partial charge in [0.15, 0.2) is 5.72 Å². The van der Waals surface area contributed by atoms with E-state index < -0.39 is 0 Å². The Labute approximate surface area is 174 Å². The predicted octanol–water partition coefficient (Wildman–Crippen LogP) is 6.38. The van der Waals surface area contributed by atoms with Gasteiger partial charge in [0.1, 0.15) is 11.5 Å². The summed E-state index contributed by atoms with van der Waals surface area (Å²) in [5, 5.41) is 0. The molecule has 5 aliphatic rings. The molecule has 0 bridgehead atoms. The molecule has 0 aromatic heterocycles. The van der Waals surface area contributed by atoms with Crippen LogP contribution in [-0.2, 0) is 4.79 Å². The molecule has 2 aliphatic heterocycles. The van der Waals surface area contributed by atoms with Gasteiger partial charge in [-0.15, -0.1) is 0 Å². The molecule has 0 N–H and O–H groups in total. The molecule has 1 aromatic carbocycles. The maximum Gasteiger partial charge on any atom is 0.193 e. The van der Waals surface area contributed by atoms with Crippen molar-refractivity contribution in [3.8, 4) is 5.75 Å². The predicted molar refractivity (Wildman–Crippen MR) is 115 cm³/mol. The van der Waals surface area contributed by atoms with Gasteiger partial charge >= 0.3 is 0 Å². The van der Waals surface area contributed by atoms with Crippen molar-refractivity contribution in [3.63, 3.8) is 0 Å². The molecule has 1 aromatic rings. The Hall–Kier alpha value is -1.77. The number of anilines is 1. The van der Waals surface area contributed by atoms with Gasteiger partial charge < -0.3 is 9.64 Å². The van der Waals surface area contributed by atoms with E-state index in [2.05, 4.69) is 29.2 Å². The van der Waals surface area contributed by atoms with E-state index >= 15 is 0 Å². The van der Waals surface area contributed by atoms with Crippen LogP contribution < -0.4 is 9.64 Å². The SMILES string of the molecule is O=C1CCCCC1CC1CCC[C@H]2CC3=C(CCCC3)N3c4ccccc4O[C@]123. The van der Waals surface area contributed by atoms with Crippen LogP contribution in [0.1, 0.15) is 83.5 Å². The molecule has 0 saturated heterocycles. The summed E-state index contributed by atoms with van der Waals surface area (Å²) in [6.07, 6.45) is 15.3. The van der Waals surface area contributed by atoms with Crippen molar-refractivity contribution >= 4 is 11.5 Å². The van der Waals surface area contributed by atoms with Crippen molar-refractivity contribution in [1.29, 1.82) is 0 Å². The van der Waals surface area contributed by atoms with Crippen molar-refractivity contribution in [3.05, 3.63) is 35.5 Å². The molecule has 4 atom stereocenters. The Balaban J connectivity index is 1.45. The Morgan fingerprint density at radius 1 is 0.966 bits per heavy atom. The largest absolute Gasteiger partial charge is 0.465 e. The Bertz CT molecular complexity index is 858. The van der Waals surface area contributed by atoms with Gasteiger partial charge in [-0.1, -0.05) is 30.5 Å². The second-order valence-corrected chi connectivity index (χ2v) is 10.1. The Morgan fingerprint density at radius 2 is 1.83 bits per heavy atom. The van der Waals surface area contributed by atoms with Crippen LogP contribution in [0.5, 0.6) is 5.75 Å². The first-order valence-corrected chi connectivity index (χ1v) is 12.1. The fourth-order valence-electron chi connectivity index (χ4n) is 7.31. The lowest BCUT2D eigenvalue weighted by Crippen LogP contribution is -2.64. The maximum absolute atomic E-state index is 12.7. The van der Waals surface area contributed by atoms with Crippen LogP contribution in [0.3, 0.4) is 0 Å². The van der Waals surface area contributed by atoms with E-state index in [1.165, 1.54) is 63.5 Å². The molecule has 0 amide bonds. The molecule has 154 valence electrons. The van der Waals surface area contributed by atoms with Gasteiger partial charge in [-0.2, -0.15) is 0 Å². The van der Waals surface area contributed by atoms with Crippen molar-refractivity contribution in [1.82, 2.24) is 0 Å². The highest BCUT2D eigenvalue weighted by atomic mass is 16.5. The van der Waals surface area contributed by atoms with E-state index in [1.807, 2.05) is 0 Å². The van der Waals surface area contributed by atoms with Crippen LogP contribution in [0.4, 0.5) is 5.69 Å². The van der Waals surface area contributed by atoms with Crippen molar-refractivity contribution < 1.29 is 9.53 Å². The van der Waals surface area contributed by atoms with Crippen LogP contribution in [-0.4, -0.2) is 11.5 Å². The summed E-state index contributed by atoms with van der Waals surface area (Å²) >= 11 is 0. The molecule has 3 heteroatoms. The van der Waals surface area contributed by atoms with Gasteiger partial charge in [0.05, 0.1) is 5.69 Å². The van der Waals surface area contributed by atoms with Gasteiger partial charge in [-0.3, -0.25) is 4.79 Å². The molecule has 2 heterocycles. The zero-order valence-electron chi connectivity index (χ0n) is 17.5. The number of rotatable bonds is 2. The van der Waals surface area contributed by atoms with Gasteiger partial charge in [-0.25, -0.2) is 0 Å². The molecule has 0 radical (unpaired) electrons. The Morgan fingerprint density at radius 3 is 2.76 bits per heavy atom. The van der Waals surface area contributed by atoms with Crippen molar-refractivity contribution in [2.24, 2.45) is 17.8 Å². The number of carbonyl (C=O) groups excluding carboxylic acids is 1. The Kier molecular flexibility index (Phi) is 4.28. The van der Waals surface area contributed by atoms with E-state index in [9.17, 15) is 4.79 Å². The number of hydrogen-bond acceptors (Lipinski definition) is 3. The number of para-hydroxylation sites is 2. The lowest BCUT2D eigenvalue weighted by Gasteiger charge is -2.56. The minimum atomic E-state index is -0.240. The molecular formula is C26H33NO2. The minimum absolute atomic E-state index is 0.240. The van der Waals surface area contributed by atoms with Gasteiger partial charge in [0, 0.05) is 29.9 Å². The first-order chi connectivity index (χ1) is 14.3. The van der Waals surface area contributed by atoms with Gasteiger partial charge in [-0.05, 0) is 76.3 Å². The summed E-state index contributed by atoms with van der Waals surface area (Å²) in [6.45, 7) is 0. The third kappa shape index (κ3) is 2.65. The molecule has 1 spiro atoms. The first kappa shape index (κ1) is 18.0. The molecule has 3 nitrogen and oxygen atoms in total. The average Bonchev–Trinajstić information content (AvgIpc) is 3.10.